The molecule has 88 valence electrons. The van der Waals surface area contributed by atoms with E-state index in [4.69, 9.17) is 5.73 Å². The van der Waals surface area contributed by atoms with E-state index >= 15 is 0 Å². The predicted molar refractivity (Wildman–Crippen MR) is 62.1 cm³/mol. The van der Waals surface area contributed by atoms with Crippen LogP contribution in [0.4, 0.5) is 15.9 Å². The van der Waals surface area contributed by atoms with Gasteiger partial charge in [-0.05, 0) is 18.6 Å². The zero-order valence-corrected chi connectivity index (χ0v) is 9.12. The summed E-state index contributed by atoms with van der Waals surface area (Å²) >= 11 is 0. The molecule has 1 aromatic heterocycles. The van der Waals surface area contributed by atoms with E-state index in [0.29, 0.717) is 5.56 Å². The Hall–Kier alpha value is -2.37. The molecule has 17 heavy (non-hydrogen) atoms. The first-order valence-electron chi connectivity index (χ1n) is 4.95. The van der Waals surface area contributed by atoms with Crippen LogP contribution in [0.2, 0.25) is 0 Å². The molecule has 0 radical (unpaired) electrons. The Labute approximate surface area is 96.8 Å². The maximum absolute atomic E-state index is 13.5. The SMILES string of the molecule is Cc1cccc(F)c1NC(=O)c1cn[nH]c1N. The van der Waals surface area contributed by atoms with Crippen LogP contribution in [-0.2, 0) is 0 Å². The number of para-hydroxylation sites is 1. The normalized spacial score (nSPS) is 10.2. The molecular formula is C11H11FN4O. The lowest BCUT2D eigenvalue weighted by atomic mass is 10.2. The summed E-state index contributed by atoms with van der Waals surface area (Å²) in [5, 5.41) is 8.53. The van der Waals surface area contributed by atoms with E-state index in [9.17, 15) is 9.18 Å². The molecule has 0 atom stereocenters. The zero-order valence-electron chi connectivity index (χ0n) is 9.12. The molecule has 2 rings (SSSR count). The number of aromatic amines is 1. The molecule has 4 N–H and O–H groups in total. The van der Waals surface area contributed by atoms with Gasteiger partial charge in [-0.3, -0.25) is 9.89 Å². The van der Waals surface area contributed by atoms with Crippen molar-refractivity contribution in [3.63, 3.8) is 0 Å². The molecule has 1 amide bonds. The molecule has 0 aliphatic carbocycles. The zero-order chi connectivity index (χ0) is 12.4. The van der Waals surface area contributed by atoms with Gasteiger partial charge in [-0.2, -0.15) is 5.10 Å². The van der Waals surface area contributed by atoms with Crippen molar-refractivity contribution in [3.8, 4) is 0 Å². The molecule has 0 saturated carbocycles. The quantitative estimate of drug-likeness (QED) is 0.739. The number of amides is 1. The number of nitrogen functional groups attached to an aromatic ring is 1. The molecule has 0 fully saturated rings. The summed E-state index contributed by atoms with van der Waals surface area (Å²) < 4.78 is 13.5. The average molecular weight is 234 g/mol. The minimum atomic E-state index is -0.496. The van der Waals surface area contributed by atoms with Gasteiger partial charge >= 0.3 is 0 Å². The van der Waals surface area contributed by atoms with E-state index in [2.05, 4.69) is 15.5 Å². The second-order valence-electron chi connectivity index (χ2n) is 3.58. The Kier molecular flexibility index (Phi) is 2.78. The average Bonchev–Trinajstić information content (AvgIpc) is 2.70. The standard InChI is InChI=1S/C11H11FN4O/c1-6-3-2-4-8(12)9(6)15-11(17)7-5-14-16-10(7)13/h2-5H,1H3,(H,15,17)(H3,13,14,16). The number of anilines is 2. The Morgan fingerprint density at radius 2 is 2.29 bits per heavy atom. The molecule has 0 unspecified atom stereocenters. The second kappa shape index (κ2) is 4.25. The van der Waals surface area contributed by atoms with Crippen LogP contribution in [0.1, 0.15) is 15.9 Å². The number of rotatable bonds is 2. The Bertz CT molecular complexity index is 544. The topological polar surface area (TPSA) is 83.8 Å². The summed E-state index contributed by atoms with van der Waals surface area (Å²) in [6.45, 7) is 1.71. The maximum atomic E-state index is 13.5. The van der Waals surface area contributed by atoms with Crippen LogP contribution in [0.15, 0.2) is 24.4 Å². The molecule has 0 aliphatic rings. The number of benzene rings is 1. The van der Waals surface area contributed by atoms with Crippen molar-refractivity contribution in [2.24, 2.45) is 0 Å². The van der Waals surface area contributed by atoms with Gasteiger partial charge in [0.05, 0.1) is 11.9 Å². The number of nitrogens with one attached hydrogen (secondary N) is 2. The van der Waals surface area contributed by atoms with Crippen LogP contribution in [0, 0.1) is 12.7 Å². The summed E-state index contributed by atoms with van der Waals surface area (Å²) in [7, 11) is 0. The van der Waals surface area contributed by atoms with Gasteiger partial charge in [0, 0.05) is 0 Å². The summed E-state index contributed by atoms with van der Waals surface area (Å²) in [6.07, 6.45) is 1.29. The third-order valence-electron chi connectivity index (χ3n) is 2.37. The lowest BCUT2D eigenvalue weighted by Gasteiger charge is -2.08. The number of nitrogens with two attached hydrogens (primary N) is 1. The van der Waals surface area contributed by atoms with Crippen molar-refractivity contribution in [2.75, 3.05) is 11.1 Å². The summed E-state index contributed by atoms with van der Waals surface area (Å²) in [5.41, 5.74) is 6.48. The number of aromatic nitrogens is 2. The molecule has 0 aliphatic heterocycles. The summed E-state index contributed by atoms with van der Waals surface area (Å²) in [5.74, 6) is -0.832. The Morgan fingerprint density at radius 1 is 1.53 bits per heavy atom. The monoisotopic (exact) mass is 234 g/mol. The number of nitrogens with zero attached hydrogens (tertiary/aromatic N) is 1. The molecule has 6 heteroatoms. The van der Waals surface area contributed by atoms with Gasteiger partial charge in [-0.15, -0.1) is 0 Å². The van der Waals surface area contributed by atoms with E-state index in [1.807, 2.05) is 0 Å². The van der Waals surface area contributed by atoms with Crippen LogP contribution in [0.5, 0.6) is 0 Å². The Morgan fingerprint density at radius 3 is 2.88 bits per heavy atom. The van der Waals surface area contributed by atoms with Crippen molar-refractivity contribution < 1.29 is 9.18 Å². The van der Waals surface area contributed by atoms with Gasteiger partial charge in [0.2, 0.25) is 0 Å². The van der Waals surface area contributed by atoms with Gasteiger partial charge in [0.1, 0.15) is 17.2 Å². The van der Waals surface area contributed by atoms with E-state index in [0.717, 1.165) is 0 Å². The first kappa shape index (κ1) is 11.1. The third kappa shape index (κ3) is 2.10. The number of H-pyrrole nitrogens is 1. The molecular weight excluding hydrogens is 223 g/mol. The van der Waals surface area contributed by atoms with E-state index in [-0.39, 0.29) is 17.1 Å². The van der Waals surface area contributed by atoms with Crippen molar-refractivity contribution in [3.05, 3.63) is 41.3 Å². The van der Waals surface area contributed by atoms with Crippen molar-refractivity contribution >= 4 is 17.4 Å². The minimum Gasteiger partial charge on any atom is -0.383 e. The highest BCUT2D eigenvalue weighted by Gasteiger charge is 2.14. The molecule has 0 spiro atoms. The fourth-order valence-electron chi connectivity index (χ4n) is 1.45. The predicted octanol–water partition coefficient (Wildman–Crippen LogP) is 1.69. The lowest BCUT2D eigenvalue weighted by molar-refractivity contribution is 0.102. The maximum Gasteiger partial charge on any atom is 0.261 e. The second-order valence-corrected chi connectivity index (χ2v) is 3.58. The van der Waals surface area contributed by atoms with Crippen LogP contribution in [-0.4, -0.2) is 16.1 Å². The van der Waals surface area contributed by atoms with Crippen LogP contribution < -0.4 is 11.1 Å². The fourth-order valence-corrected chi connectivity index (χ4v) is 1.45. The minimum absolute atomic E-state index is 0.150. The highest BCUT2D eigenvalue weighted by Crippen LogP contribution is 2.20. The van der Waals surface area contributed by atoms with Crippen LogP contribution in [0.3, 0.4) is 0 Å². The van der Waals surface area contributed by atoms with E-state index in [1.165, 1.54) is 12.3 Å². The molecule has 1 aromatic carbocycles. The van der Waals surface area contributed by atoms with Gasteiger partial charge in [0.15, 0.2) is 0 Å². The first-order valence-corrected chi connectivity index (χ1v) is 4.95. The van der Waals surface area contributed by atoms with E-state index < -0.39 is 11.7 Å². The molecule has 1 heterocycles. The van der Waals surface area contributed by atoms with Gasteiger partial charge in [0.25, 0.3) is 5.91 Å². The number of hydrogen-bond acceptors (Lipinski definition) is 3. The fraction of sp³-hybridized carbons (Fsp3) is 0.0909. The van der Waals surface area contributed by atoms with Gasteiger partial charge in [-0.25, -0.2) is 4.39 Å². The first-order chi connectivity index (χ1) is 8.09. The number of aryl methyl sites for hydroxylation is 1. The molecule has 0 bridgehead atoms. The van der Waals surface area contributed by atoms with Crippen molar-refractivity contribution in [1.82, 2.24) is 10.2 Å². The lowest BCUT2D eigenvalue weighted by Crippen LogP contribution is -2.14. The van der Waals surface area contributed by atoms with Crippen molar-refractivity contribution in [1.29, 1.82) is 0 Å². The highest BCUT2D eigenvalue weighted by atomic mass is 19.1. The molecule has 0 saturated heterocycles. The van der Waals surface area contributed by atoms with E-state index in [1.54, 1.807) is 19.1 Å². The highest BCUT2D eigenvalue weighted by molar-refractivity contribution is 6.07. The van der Waals surface area contributed by atoms with Gasteiger partial charge < -0.3 is 11.1 Å². The molecule has 5 nitrogen and oxygen atoms in total. The van der Waals surface area contributed by atoms with Crippen LogP contribution in [0.25, 0.3) is 0 Å². The third-order valence-corrected chi connectivity index (χ3v) is 2.37. The number of carbonyl (C=O) groups is 1. The Balaban J connectivity index is 2.28. The van der Waals surface area contributed by atoms with Crippen LogP contribution >= 0.6 is 0 Å². The summed E-state index contributed by atoms with van der Waals surface area (Å²) in [6, 6.07) is 4.56. The summed E-state index contributed by atoms with van der Waals surface area (Å²) in [4.78, 5) is 11.8. The number of halogens is 1. The largest absolute Gasteiger partial charge is 0.383 e. The smallest absolute Gasteiger partial charge is 0.261 e. The number of carbonyl (C=O) groups excluding carboxylic acids is 1. The number of hydrogen-bond donors (Lipinski definition) is 3. The van der Waals surface area contributed by atoms with Crippen molar-refractivity contribution in [2.45, 2.75) is 6.92 Å². The van der Waals surface area contributed by atoms with Gasteiger partial charge in [-0.1, -0.05) is 12.1 Å². The molecule has 2 aromatic rings.